The van der Waals surface area contributed by atoms with Crippen LogP contribution in [-0.4, -0.2) is 39.1 Å². The van der Waals surface area contributed by atoms with Crippen LogP contribution in [0, 0.1) is 6.92 Å². The maximum absolute atomic E-state index is 13.1. The minimum Gasteiger partial charge on any atom is -0.385 e. The third kappa shape index (κ3) is 5.97. The van der Waals surface area contributed by atoms with Crippen molar-refractivity contribution in [2.75, 3.05) is 13.6 Å². The van der Waals surface area contributed by atoms with Gasteiger partial charge < -0.3 is 15.0 Å². The Balaban J connectivity index is 1.48. The molecule has 4 rings (SSSR count). The number of aromatic nitrogens is 2. The highest BCUT2D eigenvalue weighted by Gasteiger charge is 2.18. The van der Waals surface area contributed by atoms with Crippen molar-refractivity contribution in [2.24, 2.45) is 7.05 Å². The third-order valence-corrected chi connectivity index (χ3v) is 7.13. The van der Waals surface area contributed by atoms with E-state index in [1.54, 1.807) is 18.3 Å². The van der Waals surface area contributed by atoms with Gasteiger partial charge in [-0.2, -0.15) is 0 Å². The molecule has 4 aromatic rings. The summed E-state index contributed by atoms with van der Waals surface area (Å²) < 4.78 is 1.81. The summed E-state index contributed by atoms with van der Waals surface area (Å²) in [5.74, 6) is -0.416. The van der Waals surface area contributed by atoms with Gasteiger partial charge in [0, 0.05) is 48.5 Å². The number of nitrogens with zero attached hydrogens (tertiary/aromatic N) is 3. The third-order valence-electron chi connectivity index (χ3n) is 5.67. The highest BCUT2D eigenvalue weighted by molar-refractivity contribution is 7.18. The molecule has 0 aliphatic carbocycles. The molecule has 1 unspecified atom stereocenters. The first kappa shape index (κ1) is 25.1. The van der Waals surface area contributed by atoms with Gasteiger partial charge in [0.05, 0.1) is 11.1 Å². The zero-order valence-electron chi connectivity index (χ0n) is 19.8. The van der Waals surface area contributed by atoms with Crippen molar-refractivity contribution >= 4 is 39.1 Å². The molecule has 1 aromatic carbocycles. The van der Waals surface area contributed by atoms with Gasteiger partial charge in [-0.25, -0.2) is 0 Å². The summed E-state index contributed by atoms with van der Waals surface area (Å²) in [6, 6.07) is 14.6. The number of pyridine rings is 2. The number of thiophene rings is 1. The largest absolute Gasteiger partial charge is 0.385 e. The number of aliphatic hydroxyl groups excluding tert-OH is 1. The molecule has 0 radical (unpaired) electrons. The van der Waals surface area contributed by atoms with Gasteiger partial charge in [0.25, 0.3) is 5.91 Å². The summed E-state index contributed by atoms with van der Waals surface area (Å²) >= 11 is 7.41. The molecule has 3 aromatic heterocycles. The van der Waals surface area contributed by atoms with E-state index in [4.69, 9.17) is 11.6 Å². The second-order valence-electron chi connectivity index (χ2n) is 8.64. The predicted octanol–water partition coefficient (Wildman–Crippen LogP) is 4.05. The molecule has 0 bridgehead atoms. The summed E-state index contributed by atoms with van der Waals surface area (Å²) in [6.45, 7) is 3.15. The number of rotatable bonds is 8. The number of halogens is 1. The number of amides is 1. The lowest BCUT2D eigenvalue weighted by Gasteiger charge is -2.19. The van der Waals surface area contributed by atoms with E-state index in [1.807, 2.05) is 66.9 Å². The molecule has 0 aliphatic rings. The lowest BCUT2D eigenvalue weighted by Crippen LogP contribution is -2.29. The number of aryl methyl sites for hydroxylation is 2. The molecular formula is C26H27ClN4O3S. The number of aliphatic hydroxyl groups is 1. The number of hydrogen-bond acceptors (Lipinski definition) is 6. The second-order valence-corrected chi connectivity index (χ2v) is 10.2. The van der Waals surface area contributed by atoms with Gasteiger partial charge in [0.2, 0.25) is 5.43 Å². The van der Waals surface area contributed by atoms with E-state index in [0.29, 0.717) is 35.7 Å². The van der Waals surface area contributed by atoms with Crippen LogP contribution in [0.5, 0.6) is 0 Å². The Labute approximate surface area is 212 Å². The molecule has 7 nitrogen and oxygen atoms in total. The van der Waals surface area contributed by atoms with Gasteiger partial charge in [-0.1, -0.05) is 29.8 Å². The van der Waals surface area contributed by atoms with Crippen LogP contribution in [0.4, 0.5) is 0 Å². The summed E-state index contributed by atoms with van der Waals surface area (Å²) in [7, 11) is 3.74. The highest BCUT2D eigenvalue weighted by Crippen LogP contribution is 2.25. The SMILES string of the molecule is Cc1cccc(C(O)CN(C)Cc2cc3c(=O)c(C(=O)NCc4ccc(Cl)cc4)cn(C)c3s2)n1. The zero-order valence-corrected chi connectivity index (χ0v) is 21.4. The second kappa shape index (κ2) is 10.7. The molecule has 3 heterocycles. The van der Waals surface area contributed by atoms with E-state index in [2.05, 4.69) is 10.3 Å². The molecule has 35 heavy (non-hydrogen) atoms. The minimum atomic E-state index is -0.712. The van der Waals surface area contributed by atoms with Gasteiger partial charge in [0.1, 0.15) is 16.5 Å². The molecule has 0 aliphatic heterocycles. The Bertz CT molecular complexity index is 1410. The smallest absolute Gasteiger partial charge is 0.257 e. The normalized spacial score (nSPS) is 12.3. The Morgan fingerprint density at radius 3 is 2.71 bits per heavy atom. The highest BCUT2D eigenvalue weighted by atomic mass is 35.5. The minimum absolute atomic E-state index is 0.104. The Morgan fingerprint density at radius 2 is 2.00 bits per heavy atom. The van der Waals surface area contributed by atoms with Crippen LogP contribution < -0.4 is 10.7 Å². The number of likely N-dealkylation sites (N-methyl/N-ethyl adjacent to an activating group) is 1. The van der Waals surface area contributed by atoms with E-state index in [1.165, 1.54) is 11.3 Å². The molecule has 1 atom stereocenters. The van der Waals surface area contributed by atoms with Crippen molar-refractivity contribution in [1.29, 1.82) is 0 Å². The van der Waals surface area contributed by atoms with Crippen LogP contribution in [0.3, 0.4) is 0 Å². The average Bonchev–Trinajstić information content (AvgIpc) is 3.25. The zero-order chi connectivity index (χ0) is 25.1. The van der Waals surface area contributed by atoms with Crippen molar-refractivity contribution in [2.45, 2.75) is 26.1 Å². The van der Waals surface area contributed by atoms with Gasteiger partial charge in [-0.3, -0.25) is 19.5 Å². The Morgan fingerprint density at radius 1 is 1.26 bits per heavy atom. The topological polar surface area (TPSA) is 87.5 Å². The fraction of sp³-hybridized carbons (Fsp3) is 0.269. The molecule has 1 amide bonds. The first-order valence-electron chi connectivity index (χ1n) is 11.2. The van der Waals surface area contributed by atoms with Gasteiger partial charge in [-0.15, -0.1) is 11.3 Å². The molecule has 0 spiro atoms. The van der Waals surface area contributed by atoms with Crippen LogP contribution >= 0.6 is 22.9 Å². The number of hydrogen-bond donors (Lipinski definition) is 2. The number of benzene rings is 1. The molecule has 182 valence electrons. The van der Waals surface area contributed by atoms with Crippen molar-refractivity contribution in [3.05, 3.63) is 97.4 Å². The van der Waals surface area contributed by atoms with E-state index in [-0.39, 0.29) is 11.0 Å². The van der Waals surface area contributed by atoms with Crippen molar-refractivity contribution in [1.82, 2.24) is 19.8 Å². The van der Waals surface area contributed by atoms with E-state index in [9.17, 15) is 14.7 Å². The van der Waals surface area contributed by atoms with Crippen LogP contribution in [0.25, 0.3) is 10.2 Å². The lowest BCUT2D eigenvalue weighted by atomic mass is 10.1. The van der Waals surface area contributed by atoms with Crippen LogP contribution in [0.1, 0.15) is 38.3 Å². The summed E-state index contributed by atoms with van der Waals surface area (Å²) in [6.07, 6.45) is 0.871. The van der Waals surface area contributed by atoms with E-state index in [0.717, 1.165) is 21.0 Å². The summed E-state index contributed by atoms with van der Waals surface area (Å²) in [5.41, 5.74) is 2.20. The molecular weight excluding hydrogens is 484 g/mol. The number of carbonyl (C=O) groups is 1. The van der Waals surface area contributed by atoms with E-state index >= 15 is 0 Å². The maximum Gasteiger partial charge on any atom is 0.257 e. The Hall–Kier alpha value is -3.04. The quantitative estimate of drug-likeness (QED) is 0.373. The van der Waals surface area contributed by atoms with Gasteiger partial charge >= 0.3 is 0 Å². The van der Waals surface area contributed by atoms with Crippen LogP contribution in [0.15, 0.2) is 59.5 Å². The summed E-state index contributed by atoms with van der Waals surface area (Å²) in [5, 5.41) is 14.5. The number of carbonyl (C=O) groups excluding carboxylic acids is 1. The molecule has 0 fully saturated rings. The fourth-order valence-electron chi connectivity index (χ4n) is 3.90. The van der Waals surface area contributed by atoms with Crippen molar-refractivity contribution < 1.29 is 9.90 Å². The molecule has 0 saturated heterocycles. The maximum atomic E-state index is 13.1. The fourth-order valence-corrected chi connectivity index (χ4v) is 5.19. The average molecular weight is 511 g/mol. The molecule has 9 heteroatoms. The van der Waals surface area contributed by atoms with E-state index < -0.39 is 12.0 Å². The van der Waals surface area contributed by atoms with Gasteiger partial charge in [0.15, 0.2) is 0 Å². The van der Waals surface area contributed by atoms with Gasteiger partial charge in [-0.05, 0) is 49.9 Å². The lowest BCUT2D eigenvalue weighted by molar-refractivity contribution is 0.0949. The van der Waals surface area contributed by atoms with Crippen LogP contribution in [0.2, 0.25) is 5.02 Å². The first-order valence-corrected chi connectivity index (χ1v) is 12.4. The number of nitrogens with one attached hydrogen (secondary N) is 1. The number of fused-ring (bicyclic) bond motifs is 1. The molecule has 0 saturated carbocycles. The molecule has 2 N–H and O–H groups in total. The van der Waals surface area contributed by atoms with Crippen LogP contribution in [-0.2, 0) is 20.1 Å². The summed E-state index contributed by atoms with van der Waals surface area (Å²) in [4.78, 5) is 34.1. The predicted molar refractivity (Wildman–Crippen MR) is 140 cm³/mol. The first-order chi connectivity index (χ1) is 16.7. The monoisotopic (exact) mass is 510 g/mol. The Kier molecular flexibility index (Phi) is 7.66. The van der Waals surface area contributed by atoms with Crippen molar-refractivity contribution in [3.63, 3.8) is 0 Å². The van der Waals surface area contributed by atoms with Crippen molar-refractivity contribution in [3.8, 4) is 0 Å². The standard InChI is InChI=1S/C26H27ClN4O3S/c1-16-5-4-6-22(29-16)23(32)15-30(2)13-19-11-20-24(33)21(14-31(3)26(20)35-19)25(34)28-12-17-7-9-18(27)10-8-17/h4-11,14,23,32H,12-13,15H2,1-3H3,(H,28,34).